The zero-order chi connectivity index (χ0) is 17.2. The molecule has 7 nitrogen and oxygen atoms in total. The smallest absolute Gasteiger partial charge is 0.260 e. The Hall–Kier alpha value is -3.19. The number of aryl methyl sites for hydroxylation is 1. The largest absolute Gasteiger partial charge is 0.396 e. The van der Waals surface area contributed by atoms with Crippen LogP contribution >= 0.6 is 0 Å². The van der Waals surface area contributed by atoms with Gasteiger partial charge in [0, 0.05) is 42.4 Å². The highest BCUT2D eigenvalue weighted by atomic mass is 16.3. The molecule has 0 fully saturated rings. The van der Waals surface area contributed by atoms with E-state index in [2.05, 4.69) is 15.1 Å². The highest BCUT2D eigenvalue weighted by molar-refractivity contribution is 5.94. The predicted octanol–water partition coefficient (Wildman–Crippen LogP) is 1.96. The van der Waals surface area contributed by atoms with Crippen LogP contribution in [-0.2, 0) is 6.54 Å². The third kappa shape index (κ3) is 2.74. The van der Waals surface area contributed by atoms with E-state index in [1.807, 2.05) is 47.3 Å². The Morgan fingerprint density at radius 1 is 1.16 bits per heavy atom. The molecule has 0 aliphatic heterocycles. The van der Waals surface area contributed by atoms with Gasteiger partial charge in [-0.3, -0.25) is 9.48 Å². The second-order valence-electron chi connectivity index (χ2n) is 5.75. The number of hydrogen-bond donors (Lipinski definition) is 2. The minimum atomic E-state index is -0.183. The van der Waals surface area contributed by atoms with Crippen molar-refractivity contribution in [1.29, 1.82) is 0 Å². The minimum absolute atomic E-state index is 0.117. The molecule has 0 aliphatic carbocycles. The van der Waals surface area contributed by atoms with Crippen molar-refractivity contribution in [2.24, 2.45) is 0 Å². The Bertz CT molecular complexity index is 1060. The molecule has 126 valence electrons. The maximum atomic E-state index is 12.4. The topological polar surface area (TPSA) is 88.7 Å². The number of aromatic nitrogens is 5. The Kier molecular flexibility index (Phi) is 3.91. The van der Waals surface area contributed by atoms with Gasteiger partial charge in [0.25, 0.3) is 5.56 Å². The number of aliphatic hydroxyl groups excluding tert-OH is 1. The summed E-state index contributed by atoms with van der Waals surface area (Å²) >= 11 is 0. The zero-order valence-electron chi connectivity index (χ0n) is 13.5. The van der Waals surface area contributed by atoms with Gasteiger partial charge in [0.05, 0.1) is 17.9 Å². The molecule has 4 rings (SSSR count). The van der Waals surface area contributed by atoms with E-state index < -0.39 is 0 Å². The van der Waals surface area contributed by atoms with E-state index in [4.69, 9.17) is 5.11 Å². The van der Waals surface area contributed by atoms with Crippen molar-refractivity contribution in [3.05, 3.63) is 65.6 Å². The molecular weight excluding hydrogens is 318 g/mol. The molecule has 0 bridgehead atoms. The quantitative estimate of drug-likeness (QED) is 0.583. The van der Waals surface area contributed by atoms with E-state index >= 15 is 0 Å². The van der Waals surface area contributed by atoms with Crippen LogP contribution in [0.5, 0.6) is 0 Å². The van der Waals surface area contributed by atoms with Gasteiger partial charge in [-0.2, -0.15) is 5.10 Å². The van der Waals surface area contributed by atoms with Crippen LogP contribution in [0.3, 0.4) is 0 Å². The van der Waals surface area contributed by atoms with Crippen LogP contribution in [0.25, 0.3) is 27.8 Å². The molecule has 0 atom stereocenters. The van der Waals surface area contributed by atoms with E-state index in [0.717, 1.165) is 16.8 Å². The van der Waals surface area contributed by atoms with Crippen molar-refractivity contribution >= 4 is 11.0 Å². The second-order valence-corrected chi connectivity index (χ2v) is 5.75. The van der Waals surface area contributed by atoms with Crippen molar-refractivity contribution in [1.82, 2.24) is 24.3 Å². The van der Waals surface area contributed by atoms with E-state index in [-0.39, 0.29) is 12.2 Å². The maximum Gasteiger partial charge on any atom is 0.260 e. The number of hydrogen-bond acceptors (Lipinski definition) is 4. The van der Waals surface area contributed by atoms with Crippen LogP contribution in [0.4, 0.5) is 0 Å². The fourth-order valence-corrected chi connectivity index (χ4v) is 2.93. The van der Waals surface area contributed by atoms with Crippen molar-refractivity contribution in [3.8, 4) is 16.8 Å². The number of fused-ring (bicyclic) bond motifs is 1. The average Bonchev–Trinajstić information content (AvgIpc) is 3.26. The molecule has 0 spiro atoms. The highest BCUT2D eigenvalue weighted by Crippen LogP contribution is 2.29. The average molecular weight is 335 g/mol. The molecule has 0 amide bonds. The summed E-state index contributed by atoms with van der Waals surface area (Å²) in [5.74, 6) is 0. The summed E-state index contributed by atoms with van der Waals surface area (Å²) in [7, 11) is 0. The first-order valence-corrected chi connectivity index (χ1v) is 8.06. The molecule has 0 saturated carbocycles. The predicted molar refractivity (Wildman–Crippen MR) is 94.6 cm³/mol. The lowest BCUT2D eigenvalue weighted by atomic mass is 10.1. The van der Waals surface area contributed by atoms with E-state index in [1.54, 1.807) is 10.9 Å². The molecule has 2 N–H and O–H groups in total. The number of rotatable bonds is 5. The third-order valence-electron chi connectivity index (χ3n) is 4.11. The summed E-state index contributed by atoms with van der Waals surface area (Å²) in [4.78, 5) is 19.4. The lowest BCUT2D eigenvalue weighted by Gasteiger charge is -2.02. The Balaban J connectivity index is 1.90. The van der Waals surface area contributed by atoms with E-state index in [9.17, 15) is 4.79 Å². The first-order chi connectivity index (χ1) is 12.3. The zero-order valence-corrected chi connectivity index (χ0v) is 13.5. The molecule has 0 saturated heterocycles. The fraction of sp³-hybridized carbons (Fsp3) is 0.167. The molecular formula is C18H17N5O2. The molecule has 25 heavy (non-hydrogen) atoms. The van der Waals surface area contributed by atoms with Gasteiger partial charge in [-0.15, -0.1) is 0 Å². The number of benzene rings is 1. The Morgan fingerprint density at radius 3 is 2.80 bits per heavy atom. The van der Waals surface area contributed by atoms with Crippen LogP contribution < -0.4 is 5.56 Å². The number of nitrogens with one attached hydrogen (secondary N) is 1. The van der Waals surface area contributed by atoms with Gasteiger partial charge < -0.3 is 14.7 Å². The lowest BCUT2D eigenvalue weighted by Crippen LogP contribution is -2.07. The van der Waals surface area contributed by atoms with Crippen molar-refractivity contribution < 1.29 is 5.11 Å². The summed E-state index contributed by atoms with van der Waals surface area (Å²) in [5.41, 5.74) is 2.98. The normalized spacial score (nSPS) is 11.2. The van der Waals surface area contributed by atoms with Crippen LogP contribution in [-0.4, -0.2) is 36.0 Å². The second kappa shape index (κ2) is 6.37. The first-order valence-electron chi connectivity index (χ1n) is 8.06. The summed E-state index contributed by atoms with van der Waals surface area (Å²) < 4.78 is 3.67. The van der Waals surface area contributed by atoms with Crippen molar-refractivity contribution in [2.45, 2.75) is 13.0 Å². The van der Waals surface area contributed by atoms with Gasteiger partial charge >= 0.3 is 0 Å². The van der Waals surface area contributed by atoms with Crippen LogP contribution in [0.2, 0.25) is 0 Å². The molecule has 0 aliphatic rings. The number of aromatic amines is 1. The van der Waals surface area contributed by atoms with Crippen molar-refractivity contribution in [2.75, 3.05) is 6.61 Å². The Morgan fingerprint density at radius 2 is 2.00 bits per heavy atom. The lowest BCUT2D eigenvalue weighted by molar-refractivity contribution is 0.277. The number of H-pyrrole nitrogens is 1. The summed E-state index contributed by atoms with van der Waals surface area (Å²) in [6.45, 7) is 0.745. The summed E-state index contributed by atoms with van der Waals surface area (Å²) in [6.07, 6.45) is 7.57. The monoisotopic (exact) mass is 335 g/mol. The minimum Gasteiger partial charge on any atom is -0.396 e. The summed E-state index contributed by atoms with van der Waals surface area (Å²) in [5, 5.41) is 13.8. The molecule has 7 heteroatoms. The standard InChI is InChI=1S/C18H17N5O2/c24-8-4-7-22-10-13(9-21-22)15-11-23(14-5-2-1-3-6-14)17-16(15)18(25)20-12-19-17/h1-3,5-6,9-12,24H,4,7-8H2,(H,19,20,25). The van der Waals surface area contributed by atoms with Gasteiger partial charge in [-0.1, -0.05) is 18.2 Å². The van der Waals surface area contributed by atoms with Gasteiger partial charge in [-0.25, -0.2) is 4.98 Å². The molecule has 1 aromatic carbocycles. The number of nitrogens with zero attached hydrogens (tertiary/aromatic N) is 4. The van der Waals surface area contributed by atoms with Crippen LogP contribution in [0.1, 0.15) is 6.42 Å². The molecule has 4 aromatic rings. The summed E-state index contributed by atoms with van der Waals surface area (Å²) in [6, 6.07) is 9.77. The highest BCUT2D eigenvalue weighted by Gasteiger charge is 2.16. The first kappa shape index (κ1) is 15.3. The molecule has 0 radical (unpaired) electrons. The SMILES string of the molecule is O=c1[nH]cnc2c1c(-c1cnn(CCCO)c1)cn2-c1ccccc1. The van der Waals surface area contributed by atoms with Gasteiger partial charge in [0.15, 0.2) is 5.65 Å². The Labute approximate surface area is 143 Å². The van der Waals surface area contributed by atoms with Gasteiger partial charge in [0.2, 0.25) is 0 Å². The van der Waals surface area contributed by atoms with E-state index in [1.165, 1.54) is 6.33 Å². The molecule has 3 aromatic heterocycles. The molecule has 3 heterocycles. The fourth-order valence-electron chi connectivity index (χ4n) is 2.93. The molecule has 0 unspecified atom stereocenters. The van der Waals surface area contributed by atoms with Crippen LogP contribution in [0.15, 0.2) is 60.0 Å². The van der Waals surface area contributed by atoms with Gasteiger partial charge in [0.1, 0.15) is 0 Å². The van der Waals surface area contributed by atoms with Crippen molar-refractivity contribution in [3.63, 3.8) is 0 Å². The number of aliphatic hydroxyl groups is 1. The maximum absolute atomic E-state index is 12.4. The third-order valence-corrected chi connectivity index (χ3v) is 4.11. The number of para-hydroxylation sites is 1. The van der Waals surface area contributed by atoms with E-state index in [0.29, 0.717) is 24.0 Å². The van der Waals surface area contributed by atoms with Gasteiger partial charge in [-0.05, 0) is 18.6 Å². The van der Waals surface area contributed by atoms with Crippen LogP contribution in [0, 0.1) is 0 Å².